The first-order valence-corrected chi connectivity index (χ1v) is 8.26. The maximum absolute atomic E-state index is 12.1. The number of esters is 1. The normalized spacial score (nSPS) is 11.4. The zero-order valence-corrected chi connectivity index (χ0v) is 14.6. The van der Waals surface area contributed by atoms with E-state index < -0.39 is 24.5 Å². The van der Waals surface area contributed by atoms with Gasteiger partial charge in [0, 0.05) is 12.5 Å². The smallest absolute Gasteiger partial charge is 0.389 e. The van der Waals surface area contributed by atoms with Crippen LogP contribution in [0.5, 0.6) is 11.5 Å². The third kappa shape index (κ3) is 7.53. The minimum absolute atomic E-state index is 0.0774. The highest BCUT2D eigenvalue weighted by molar-refractivity contribution is 5.91. The molecule has 28 heavy (non-hydrogen) atoms. The number of alkyl halides is 3. The standard InChI is InChI=1S/C20H17F3O5/c21-20(22,23)12-1-13-27-16-9-5-15(6-10-16)19(26)28-17-7-2-14(3-8-17)4-11-18(24)25/h2-11H,1,12-13H2,(H,24,25)/b11-4+. The van der Waals surface area contributed by atoms with Crippen LogP contribution in [0.15, 0.2) is 54.6 Å². The van der Waals surface area contributed by atoms with Crippen molar-refractivity contribution in [1.82, 2.24) is 0 Å². The van der Waals surface area contributed by atoms with Crippen molar-refractivity contribution < 1.29 is 37.3 Å². The molecule has 1 N–H and O–H groups in total. The fourth-order valence-electron chi connectivity index (χ4n) is 2.13. The van der Waals surface area contributed by atoms with Crippen molar-refractivity contribution >= 4 is 18.0 Å². The molecule has 0 heterocycles. The average molecular weight is 394 g/mol. The third-order valence-corrected chi connectivity index (χ3v) is 3.47. The number of carbonyl (C=O) groups is 2. The van der Waals surface area contributed by atoms with Gasteiger partial charge >= 0.3 is 18.1 Å². The lowest BCUT2D eigenvalue weighted by atomic mass is 10.2. The van der Waals surface area contributed by atoms with Gasteiger partial charge in [-0.25, -0.2) is 9.59 Å². The maximum Gasteiger partial charge on any atom is 0.389 e. The molecule has 0 aromatic heterocycles. The van der Waals surface area contributed by atoms with Crippen LogP contribution in [0.1, 0.15) is 28.8 Å². The van der Waals surface area contributed by atoms with Crippen molar-refractivity contribution in [1.29, 1.82) is 0 Å². The molecule has 0 bridgehead atoms. The third-order valence-electron chi connectivity index (χ3n) is 3.47. The first-order valence-electron chi connectivity index (χ1n) is 8.26. The lowest BCUT2D eigenvalue weighted by molar-refractivity contribution is -0.136. The molecular formula is C20H17F3O5. The molecule has 0 radical (unpaired) electrons. The number of aliphatic carboxylic acids is 1. The Morgan fingerprint density at radius 1 is 0.964 bits per heavy atom. The maximum atomic E-state index is 12.1. The summed E-state index contributed by atoms with van der Waals surface area (Å²) < 4.78 is 46.6. The van der Waals surface area contributed by atoms with Gasteiger partial charge in [0.05, 0.1) is 12.2 Å². The zero-order chi connectivity index (χ0) is 20.6. The Bertz CT molecular complexity index is 824. The second kappa shape index (κ2) is 9.59. The molecule has 0 saturated carbocycles. The van der Waals surface area contributed by atoms with E-state index in [9.17, 15) is 22.8 Å². The molecule has 2 aromatic carbocycles. The monoisotopic (exact) mass is 394 g/mol. The predicted octanol–water partition coefficient (Wildman–Crippen LogP) is 4.72. The highest BCUT2D eigenvalue weighted by atomic mass is 19.4. The molecule has 0 fully saturated rings. The number of rotatable bonds is 8. The van der Waals surface area contributed by atoms with Crippen LogP contribution >= 0.6 is 0 Å². The van der Waals surface area contributed by atoms with E-state index in [1.165, 1.54) is 42.5 Å². The van der Waals surface area contributed by atoms with E-state index in [-0.39, 0.29) is 24.3 Å². The van der Waals surface area contributed by atoms with E-state index in [4.69, 9.17) is 14.6 Å². The summed E-state index contributed by atoms with van der Waals surface area (Å²) in [5.74, 6) is -1.04. The highest BCUT2D eigenvalue weighted by Crippen LogP contribution is 2.22. The molecule has 0 aliphatic carbocycles. The Hall–Kier alpha value is -3.29. The lowest BCUT2D eigenvalue weighted by Crippen LogP contribution is -2.10. The van der Waals surface area contributed by atoms with Crippen molar-refractivity contribution in [2.45, 2.75) is 19.0 Å². The van der Waals surface area contributed by atoms with E-state index in [0.29, 0.717) is 11.3 Å². The number of carboxylic acids is 1. The summed E-state index contributed by atoms with van der Waals surface area (Å²) >= 11 is 0. The lowest BCUT2D eigenvalue weighted by Gasteiger charge is -2.09. The van der Waals surface area contributed by atoms with Gasteiger partial charge < -0.3 is 14.6 Å². The molecule has 0 unspecified atom stereocenters. The Kier molecular flexibility index (Phi) is 7.20. The highest BCUT2D eigenvalue weighted by Gasteiger charge is 2.26. The number of halogens is 3. The number of hydrogen-bond donors (Lipinski definition) is 1. The van der Waals surface area contributed by atoms with Gasteiger partial charge in [-0.05, 0) is 54.5 Å². The van der Waals surface area contributed by atoms with Crippen LogP contribution in [-0.2, 0) is 4.79 Å². The topological polar surface area (TPSA) is 72.8 Å². The molecule has 0 atom stereocenters. The van der Waals surface area contributed by atoms with Crippen LogP contribution in [0.2, 0.25) is 0 Å². The fraction of sp³-hybridized carbons (Fsp3) is 0.200. The van der Waals surface area contributed by atoms with Crippen LogP contribution in [0.3, 0.4) is 0 Å². The summed E-state index contributed by atoms with van der Waals surface area (Å²) in [5, 5.41) is 8.58. The summed E-state index contributed by atoms with van der Waals surface area (Å²) in [6.07, 6.45) is -2.87. The van der Waals surface area contributed by atoms with Crippen molar-refractivity contribution in [3.8, 4) is 11.5 Å². The number of benzene rings is 2. The summed E-state index contributed by atoms with van der Waals surface area (Å²) in [6, 6.07) is 12.1. The Balaban J connectivity index is 1.86. The number of carbonyl (C=O) groups excluding carboxylic acids is 1. The van der Waals surface area contributed by atoms with Gasteiger partial charge in [-0.1, -0.05) is 12.1 Å². The molecule has 0 amide bonds. The summed E-state index contributed by atoms with van der Waals surface area (Å²) in [7, 11) is 0. The van der Waals surface area contributed by atoms with Crippen molar-refractivity contribution in [2.24, 2.45) is 0 Å². The van der Waals surface area contributed by atoms with Crippen LogP contribution in [0.4, 0.5) is 13.2 Å². The molecule has 8 heteroatoms. The Morgan fingerprint density at radius 2 is 1.57 bits per heavy atom. The van der Waals surface area contributed by atoms with Crippen molar-refractivity contribution in [2.75, 3.05) is 6.61 Å². The van der Waals surface area contributed by atoms with Crippen LogP contribution in [0, 0.1) is 0 Å². The molecule has 0 aliphatic heterocycles. The van der Waals surface area contributed by atoms with Crippen molar-refractivity contribution in [3.05, 3.63) is 65.7 Å². The van der Waals surface area contributed by atoms with Crippen molar-refractivity contribution in [3.63, 3.8) is 0 Å². The van der Waals surface area contributed by atoms with Gasteiger partial charge in [-0.3, -0.25) is 0 Å². The molecule has 148 valence electrons. The predicted molar refractivity (Wildman–Crippen MR) is 95.3 cm³/mol. The molecule has 2 rings (SSSR count). The van der Waals surface area contributed by atoms with E-state index in [0.717, 1.165) is 6.08 Å². The van der Waals surface area contributed by atoms with Crippen LogP contribution < -0.4 is 9.47 Å². The second-order valence-corrected chi connectivity index (χ2v) is 5.72. The quantitative estimate of drug-likeness (QED) is 0.303. The average Bonchev–Trinajstić information content (AvgIpc) is 2.64. The molecule has 0 spiro atoms. The van der Waals surface area contributed by atoms with Gasteiger partial charge in [0.15, 0.2) is 0 Å². The van der Waals surface area contributed by atoms with Gasteiger partial charge in [0.2, 0.25) is 0 Å². The van der Waals surface area contributed by atoms with Crippen LogP contribution in [-0.4, -0.2) is 29.8 Å². The molecule has 0 aliphatic rings. The molecule has 5 nitrogen and oxygen atoms in total. The van der Waals surface area contributed by atoms with Gasteiger partial charge in [0.1, 0.15) is 11.5 Å². The number of ether oxygens (including phenoxy) is 2. The van der Waals surface area contributed by atoms with Gasteiger partial charge in [-0.15, -0.1) is 0 Å². The summed E-state index contributed by atoms with van der Waals surface area (Å²) in [5.41, 5.74) is 0.881. The van der Waals surface area contributed by atoms with Crippen LogP contribution in [0.25, 0.3) is 6.08 Å². The molecule has 0 saturated heterocycles. The van der Waals surface area contributed by atoms with E-state index in [1.807, 2.05) is 0 Å². The van der Waals surface area contributed by atoms with E-state index in [1.54, 1.807) is 12.1 Å². The number of carboxylic acid groups (broad SMARTS) is 1. The Labute approximate surface area is 159 Å². The molecular weight excluding hydrogens is 377 g/mol. The summed E-state index contributed by atoms with van der Waals surface area (Å²) in [4.78, 5) is 22.6. The largest absolute Gasteiger partial charge is 0.494 e. The number of hydrogen-bond acceptors (Lipinski definition) is 4. The zero-order valence-electron chi connectivity index (χ0n) is 14.6. The minimum Gasteiger partial charge on any atom is -0.494 e. The SMILES string of the molecule is O=C(O)/C=C/c1ccc(OC(=O)c2ccc(OCCCC(F)(F)F)cc2)cc1. The fourth-order valence-corrected chi connectivity index (χ4v) is 2.13. The first kappa shape index (κ1) is 21.0. The van der Waals surface area contributed by atoms with E-state index >= 15 is 0 Å². The molecule has 2 aromatic rings. The second-order valence-electron chi connectivity index (χ2n) is 5.72. The minimum atomic E-state index is -4.21. The Morgan fingerprint density at radius 3 is 2.14 bits per heavy atom. The van der Waals surface area contributed by atoms with Gasteiger partial charge in [0.25, 0.3) is 0 Å². The first-order chi connectivity index (χ1) is 13.2. The van der Waals surface area contributed by atoms with E-state index in [2.05, 4.69) is 0 Å². The van der Waals surface area contributed by atoms with Gasteiger partial charge in [-0.2, -0.15) is 13.2 Å². The summed E-state index contributed by atoms with van der Waals surface area (Å²) in [6.45, 7) is -0.0774.